The third kappa shape index (κ3) is 5.08. The molecule has 4 aromatic rings. The predicted octanol–water partition coefficient (Wildman–Crippen LogP) is 3.81. The zero-order chi connectivity index (χ0) is 27.0. The zero-order valence-corrected chi connectivity index (χ0v) is 20.7. The lowest BCUT2D eigenvalue weighted by atomic mass is 10.2. The lowest BCUT2D eigenvalue weighted by Gasteiger charge is -2.32. The Morgan fingerprint density at radius 2 is 1.63 bits per heavy atom. The molecule has 0 spiro atoms. The molecule has 0 radical (unpaired) electrons. The summed E-state index contributed by atoms with van der Waals surface area (Å²) in [6, 6.07) is 12.3. The third-order valence-electron chi connectivity index (χ3n) is 6.86. The van der Waals surface area contributed by atoms with Gasteiger partial charge in [0.1, 0.15) is 5.69 Å². The maximum absolute atomic E-state index is 13.7. The third-order valence-corrected chi connectivity index (χ3v) is 6.86. The highest BCUT2D eigenvalue weighted by molar-refractivity contribution is 6.11. The van der Waals surface area contributed by atoms with E-state index in [-0.39, 0.29) is 5.91 Å². The standard InChI is InChI=1S/C24H26N6O.C2HF3O2/c1-27-11-13-28(14-12-27)23(31)21-15-20-22(30(21)24-25-9-4-10-26-24)18-5-2-3-6-19(18)29(20)16-17-7-8-17;3-2(4,5)1(6)7/h2-6,9-10,15,17H,7-8,11-14,16H2,1H3;(H,6,7). The molecule has 200 valence electrons. The molecule has 1 aliphatic heterocycles. The normalized spacial score (nSPS) is 16.5. The molecule has 1 aliphatic carbocycles. The highest BCUT2D eigenvalue weighted by atomic mass is 19.4. The number of hydrogen-bond donors (Lipinski definition) is 1. The molecule has 0 bridgehead atoms. The van der Waals surface area contributed by atoms with E-state index in [0.717, 1.165) is 55.1 Å². The van der Waals surface area contributed by atoms with Gasteiger partial charge >= 0.3 is 12.1 Å². The number of para-hydroxylation sites is 1. The van der Waals surface area contributed by atoms with Crippen LogP contribution in [-0.4, -0.2) is 85.3 Å². The topological polar surface area (TPSA) is 96.5 Å². The van der Waals surface area contributed by atoms with Gasteiger partial charge < -0.3 is 19.5 Å². The molecule has 38 heavy (non-hydrogen) atoms. The van der Waals surface area contributed by atoms with Gasteiger partial charge in [-0.3, -0.25) is 9.36 Å². The van der Waals surface area contributed by atoms with Crippen LogP contribution in [0.1, 0.15) is 23.3 Å². The molecule has 2 fully saturated rings. The maximum atomic E-state index is 13.7. The fourth-order valence-corrected chi connectivity index (χ4v) is 4.70. The second-order valence-corrected chi connectivity index (χ2v) is 9.62. The van der Waals surface area contributed by atoms with Gasteiger partial charge in [-0.05, 0) is 44.0 Å². The summed E-state index contributed by atoms with van der Waals surface area (Å²) in [5.41, 5.74) is 3.98. The van der Waals surface area contributed by atoms with E-state index in [9.17, 15) is 18.0 Å². The highest BCUT2D eigenvalue weighted by Gasteiger charge is 2.38. The first-order chi connectivity index (χ1) is 18.1. The number of carbonyl (C=O) groups is 2. The molecule has 0 atom stereocenters. The van der Waals surface area contributed by atoms with Crippen LogP contribution in [0.4, 0.5) is 13.2 Å². The van der Waals surface area contributed by atoms with Crippen LogP contribution < -0.4 is 0 Å². The molecule has 1 aromatic carbocycles. The number of carboxylic acids is 1. The first-order valence-electron chi connectivity index (χ1n) is 12.3. The van der Waals surface area contributed by atoms with Crippen molar-refractivity contribution in [2.75, 3.05) is 33.2 Å². The molecule has 12 heteroatoms. The van der Waals surface area contributed by atoms with Gasteiger partial charge in [-0.25, -0.2) is 14.8 Å². The van der Waals surface area contributed by atoms with Crippen molar-refractivity contribution in [3.63, 3.8) is 0 Å². The van der Waals surface area contributed by atoms with Crippen LogP contribution in [0.3, 0.4) is 0 Å². The summed E-state index contributed by atoms with van der Waals surface area (Å²) in [5, 5.41) is 8.27. The number of carbonyl (C=O) groups excluding carboxylic acids is 1. The van der Waals surface area contributed by atoms with E-state index < -0.39 is 12.1 Å². The number of nitrogens with zero attached hydrogens (tertiary/aromatic N) is 6. The number of likely N-dealkylation sites (N-methyl/N-ethyl adjacent to an activating group) is 1. The maximum Gasteiger partial charge on any atom is 0.490 e. The Labute approximate surface area is 216 Å². The lowest BCUT2D eigenvalue weighted by Crippen LogP contribution is -2.47. The Balaban J connectivity index is 0.000000374. The largest absolute Gasteiger partial charge is 0.490 e. The molecule has 1 N–H and O–H groups in total. The average molecular weight is 529 g/mol. The number of carboxylic acid groups (broad SMARTS) is 1. The van der Waals surface area contributed by atoms with Crippen LogP contribution in [0.5, 0.6) is 0 Å². The Morgan fingerprint density at radius 3 is 2.24 bits per heavy atom. The second kappa shape index (κ2) is 10.1. The highest BCUT2D eigenvalue weighted by Crippen LogP contribution is 2.38. The van der Waals surface area contributed by atoms with E-state index in [1.165, 1.54) is 18.4 Å². The van der Waals surface area contributed by atoms with Gasteiger partial charge in [-0.2, -0.15) is 13.2 Å². The van der Waals surface area contributed by atoms with Gasteiger partial charge in [0.15, 0.2) is 0 Å². The molecule has 0 unspecified atom stereocenters. The molecule has 3 aromatic heterocycles. The first kappa shape index (κ1) is 25.7. The SMILES string of the molecule is CN1CCN(C(=O)c2cc3c(c4ccccc4n3CC3CC3)n2-c2ncccn2)CC1.O=C(O)C(F)(F)F. The fraction of sp³-hybridized carbons (Fsp3) is 0.385. The van der Waals surface area contributed by atoms with E-state index in [1.807, 2.05) is 15.5 Å². The van der Waals surface area contributed by atoms with Crippen molar-refractivity contribution in [3.8, 4) is 5.95 Å². The van der Waals surface area contributed by atoms with Crippen molar-refractivity contribution in [1.82, 2.24) is 28.9 Å². The van der Waals surface area contributed by atoms with Crippen molar-refractivity contribution in [2.45, 2.75) is 25.6 Å². The number of amides is 1. The summed E-state index contributed by atoms with van der Waals surface area (Å²) in [6.07, 6.45) is 0.955. The van der Waals surface area contributed by atoms with Crippen molar-refractivity contribution in [3.05, 3.63) is 54.5 Å². The molecule has 4 heterocycles. The summed E-state index contributed by atoms with van der Waals surface area (Å²) in [5.74, 6) is -1.43. The number of alkyl halides is 3. The summed E-state index contributed by atoms with van der Waals surface area (Å²) >= 11 is 0. The van der Waals surface area contributed by atoms with Crippen LogP contribution in [0.2, 0.25) is 0 Å². The van der Waals surface area contributed by atoms with Crippen molar-refractivity contribution in [2.24, 2.45) is 5.92 Å². The van der Waals surface area contributed by atoms with E-state index >= 15 is 0 Å². The minimum absolute atomic E-state index is 0.0545. The number of piperazine rings is 1. The van der Waals surface area contributed by atoms with Crippen LogP contribution in [0.25, 0.3) is 27.9 Å². The van der Waals surface area contributed by atoms with Crippen LogP contribution >= 0.6 is 0 Å². The number of rotatable bonds is 4. The molecule has 1 saturated carbocycles. The van der Waals surface area contributed by atoms with Gasteiger partial charge in [-0.15, -0.1) is 0 Å². The molecule has 6 rings (SSSR count). The predicted molar refractivity (Wildman–Crippen MR) is 134 cm³/mol. The number of aliphatic carboxylic acids is 1. The number of hydrogen-bond acceptors (Lipinski definition) is 5. The monoisotopic (exact) mass is 528 g/mol. The van der Waals surface area contributed by atoms with Gasteiger partial charge in [0.2, 0.25) is 5.95 Å². The van der Waals surface area contributed by atoms with Gasteiger partial charge in [0.05, 0.1) is 16.6 Å². The molecule has 1 saturated heterocycles. The average Bonchev–Trinajstić information content (AvgIpc) is 3.57. The Morgan fingerprint density at radius 1 is 1.00 bits per heavy atom. The van der Waals surface area contributed by atoms with Crippen LogP contribution in [0, 0.1) is 5.92 Å². The minimum Gasteiger partial charge on any atom is -0.475 e. The van der Waals surface area contributed by atoms with Gasteiger partial charge in [0, 0.05) is 50.5 Å². The van der Waals surface area contributed by atoms with Gasteiger partial charge in [-0.1, -0.05) is 18.2 Å². The smallest absolute Gasteiger partial charge is 0.475 e. The van der Waals surface area contributed by atoms with Crippen LogP contribution in [0.15, 0.2) is 48.8 Å². The summed E-state index contributed by atoms with van der Waals surface area (Å²) < 4.78 is 36.1. The molecular weight excluding hydrogens is 501 g/mol. The van der Waals surface area contributed by atoms with E-state index in [1.54, 1.807) is 12.4 Å². The lowest BCUT2D eigenvalue weighted by molar-refractivity contribution is -0.192. The quantitative estimate of drug-likeness (QED) is 0.433. The Hall–Kier alpha value is -3.93. The number of fused-ring (bicyclic) bond motifs is 3. The Bertz CT molecular complexity index is 1470. The summed E-state index contributed by atoms with van der Waals surface area (Å²) in [6.45, 7) is 4.26. The van der Waals surface area contributed by atoms with Crippen molar-refractivity contribution >= 4 is 33.8 Å². The van der Waals surface area contributed by atoms with E-state index in [4.69, 9.17) is 9.90 Å². The van der Waals surface area contributed by atoms with Crippen molar-refractivity contribution in [1.29, 1.82) is 0 Å². The number of aromatic nitrogens is 4. The number of halogens is 3. The van der Waals surface area contributed by atoms with Crippen molar-refractivity contribution < 1.29 is 27.9 Å². The molecule has 2 aliphatic rings. The summed E-state index contributed by atoms with van der Waals surface area (Å²) in [7, 11) is 2.10. The molecule has 9 nitrogen and oxygen atoms in total. The van der Waals surface area contributed by atoms with E-state index in [2.05, 4.69) is 56.8 Å². The number of benzene rings is 1. The minimum atomic E-state index is -5.08. The zero-order valence-electron chi connectivity index (χ0n) is 20.7. The summed E-state index contributed by atoms with van der Waals surface area (Å²) in [4.78, 5) is 35.8. The molecular formula is C26H27F3N6O3. The first-order valence-corrected chi connectivity index (χ1v) is 12.3. The Kier molecular flexibility index (Phi) is 6.82. The fourth-order valence-electron chi connectivity index (χ4n) is 4.70. The van der Waals surface area contributed by atoms with Crippen LogP contribution in [-0.2, 0) is 11.3 Å². The van der Waals surface area contributed by atoms with E-state index in [0.29, 0.717) is 11.6 Å². The molecule has 1 amide bonds. The van der Waals surface area contributed by atoms with Gasteiger partial charge in [0.25, 0.3) is 5.91 Å². The second-order valence-electron chi connectivity index (χ2n) is 9.62.